The van der Waals surface area contributed by atoms with Crippen molar-refractivity contribution in [3.63, 3.8) is 0 Å². The van der Waals surface area contributed by atoms with Crippen LogP contribution < -0.4 is 20.2 Å². The minimum absolute atomic E-state index is 0.0183. The number of benzene rings is 3. The number of methoxy groups -OCH3 is 1. The Balaban J connectivity index is 1.64. The van der Waals surface area contributed by atoms with E-state index in [9.17, 15) is 14.4 Å². The van der Waals surface area contributed by atoms with Gasteiger partial charge in [-0.25, -0.2) is 10.2 Å². The minimum Gasteiger partial charge on any atom is -0.493 e. The first-order chi connectivity index (χ1) is 17.5. The summed E-state index contributed by atoms with van der Waals surface area (Å²) in [6, 6.07) is 22.3. The number of carbonyl (C=O) groups is 3. The lowest BCUT2D eigenvalue weighted by molar-refractivity contribution is -0.121. The zero-order valence-electron chi connectivity index (χ0n) is 20.0. The first-order valence-corrected chi connectivity index (χ1v) is 11.3. The molecule has 0 heterocycles. The number of carbonyl (C=O) groups excluding carboxylic acids is 3. The quantitative estimate of drug-likeness (QED) is 0.190. The van der Waals surface area contributed by atoms with Gasteiger partial charge < -0.3 is 19.5 Å². The smallest absolute Gasteiger partial charge is 0.493 e. The Bertz CT molecular complexity index is 1200. The monoisotopic (exact) mass is 489 g/mol. The van der Waals surface area contributed by atoms with Gasteiger partial charge in [-0.05, 0) is 48.4 Å². The van der Waals surface area contributed by atoms with Crippen LogP contribution in [0.15, 0.2) is 84.0 Å². The van der Waals surface area contributed by atoms with Crippen LogP contribution in [0.2, 0.25) is 0 Å². The Kier molecular flexibility index (Phi) is 9.58. The maximum Gasteiger partial charge on any atom is 0.513 e. The van der Waals surface area contributed by atoms with Crippen molar-refractivity contribution in [1.82, 2.24) is 10.7 Å². The van der Waals surface area contributed by atoms with Gasteiger partial charge in [0.05, 0.1) is 32.4 Å². The van der Waals surface area contributed by atoms with Gasteiger partial charge in [-0.2, -0.15) is 5.10 Å². The highest BCUT2D eigenvalue weighted by atomic mass is 16.7. The van der Waals surface area contributed by atoms with Crippen LogP contribution >= 0.6 is 0 Å². The molecular formula is C27H27N3O6. The summed E-state index contributed by atoms with van der Waals surface area (Å²) in [4.78, 5) is 36.9. The van der Waals surface area contributed by atoms with Gasteiger partial charge in [0.15, 0.2) is 11.5 Å². The Labute approximate surface area is 209 Å². The van der Waals surface area contributed by atoms with E-state index >= 15 is 0 Å². The molecule has 0 spiro atoms. The van der Waals surface area contributed by atoms with Crippen molar-refractivity contribution in [3.05, 3.63) is 95.6 Å². The second-order valence-corrected chi connectivity index (χ2v) is 7.50. The molecule has 9 nitrogen and oxygen atoms in total. The van der Waals surface area contributed by atoms with Crippen LogP contribution in [0.4, 0.5) is 4.79 Å². The largest absolute Gasteiger partial charge is 0.513 e. The number of hydrogen-bond acceptors (Lipinski definition) is 7. The SMILES string of the molecule is CCOC(=O)Oc1ccc(/C=N\NC(=O)C[C@H](NC(=O)c2ccccc2)c2ccccc2)cc1OC. The molecule has 0 fully saturated rings. The zero-order chi connectivity index (χ0) is 25.8. The molecule has 0 saturated heterocycles. The lowest BCUT2D eigenvalue weighted by Crippen LogP contribution is -2.32. The Morgan fingerprint density at radius 1 is 0.944 bits per heavy atom. The van der Waals surface area contributed by atoms with Gasteiger partial charge in [-0.1, -0.05) is 48.5 Å². The molecule has 3 aromatic rings. The second kappa shape index (κ2) is 13.3. The maximum atomic E-state index is 12.7. The molecule has 0 bridgehead atoms. The van der Waals surface area contributed by atoms with E-state index in [0.29, 0.717) is 16.9 Å². The molecule has 36 heavy (non-hydrogen) atoms. The lowest BCUT2D eigenvalue weighted by Gasteiger charge is -2.18. The zero-order valence-corrected chi connectivity index (χ0v) is 20.0. The van der Waals surface area contributed by atoms with E-state index in [4.69, 9.17) is 14.2 Å². The third-order valence-corrected chi connectivity index (χ3v) is 4.98. The summed E-state index contributed by atoms with van der Waals surface area (Å²) in [5, 5.41) is 6.91. The van der Waals surface area contributed by atoms with Crippen molar-refractivity contribution >= 4 is 24.2 Å². The summed E-state index contributed by atoms with van der Waals surface area (Å²) in [7, 11) is 1.43. The normalized spacial score (nSPS) is 11.4. The number of hydrogen-bond donors (Lipinski definition) is 2. The highest BCUT2D eigenvalue weighted by Gasteiger charge is 2.19. The van der Waals surface area contributed by atoms with Crippen LogP contribution in [0.3, 0.4) is 0 Å². The number of nitrogens with one attached hydrogen (secondary N) is 2. The Morgan fingerprint density at radius 3 is 2.31 bits per heavy atom. The van der Waals surface area contributed by atoms with Crippen LogP contribution in [0.1, 0.15) is 40.9 Å². The third-order valence-electron chi connectivity index (χ3n) is 4.98. The van der Waals surface area contributed by atoms with Crippen molar-refractivity contribution < 1.29 is 28.6 Å². The highest BCUT2D eigenvalue weighted by molar-refractivity contribution is 5.94. The molecule has 186 valence electrons. The molecule has 9 heteroatoms. The molecule has 2 amide bonds. The molecule has 3 aromatic carbocycles. The molecule has 3 rings (SSSR count). The van der Waals surface area contributed by atoms with Crippen molar-refractivity contribution in [3.8, 4) is 11.5 Å². The van der Waals surface area contributed by atoms with Gasteiger partial charge in [-0.15, -0.1) is 0 Å². The summed E-state index contributed by atoms with van der Waals surface area (Å²) < 4.78 is 15.1. The molecule has 2 N–H and O–H groups in total. The number of nitrogens with zero attached hydrogens (tertiary/aromatic N) is 1. The predicted octanol–water partition coefficient (Wildman–Crippen LogP) is 4.24. The highest BCUT2D eigenvalue weighted by Crippen LogP contribution is 2.28. The third kappa shape index (κ3) is 7.69. The van der Waals surface area contributed by atoms with Gasteiger partial charge in [0.2, 0.25) is 5.91 Å². The average molecular weight is 490 g/mol. The standard InChI is InChI=1S/C27H27N3O6/c1-3-35-27(33)36-23-15-14-19(16-24(23)34-2)18-28-30-25(31)17-22(20-10-6-4-7-11-20)29-26(32)21-12-8-5-9-13-21/h4-16,18,22H,3,17H2,1-2H3,(H,29,32)(H,30,31)/b28-18-/t22-/m0/s1. The fraction of sp³-hybridized carbons (Fsp3) is 0.185. The Morgan fingerprint density at radius 2 is 1.64 bits per heavy atom. The second-order valence-electron chi connectivity index (χ2n) is 7.50. The summed E-state index contributed by atoms with van der Waals surface area (Å²) in [5.41, 5.74) is 4.37. The van der Waals surface area contributed by atoms with Crippen LogP contribution in [0.25, 0.3) is 0 Å². The minimum atomic E-state index is -0.836. The molecule has 0 saturated carbocycles. The molecule has 0 aromatic heterocycles. The first-order valence-electron chi connectivity index (χ1n) is 11.3. The molecule has 0 unspecified atom stereocenters. The fourth-order valence-electron chi connectivity index (χ4n) is 3.26. The Hall–Kier alpha value is -4.66. The van der Waals surface area contributed by atoms with Crippen LogP contribution in [0.5, 0.6) is 11.5 Å². The van der Waals surface area contributed by atoms with E-state index in [-0.39, 0.29) is 30.6 Å². The lowest BCUT2D eigenvalue weighted by atomic mass is 10.0. The average Bonchev–Trinajstić information content (AvgIpc) is 2.90. The van der Waals surface area contributed by atoms with E-state index in [2.05, 4.69) is 15.8 Å². The van der Waals surface area contributed by atoms with Gasteiger partial charge in [0.1, 0.15) is 0 Å². The summed E-state index contributed by atoms with van der Waals surface area (Å²) in [6.45, 7) is 1.86. The molecule has 0 aliphatic rings. The van der Waals surface area contributed by atoms with E-state index in [1.165, 1.54) is 19.4 Å². The van der Waals surface area contributed by atoms with E-state index < -0.39 is 12.2 Å². The molecule has 0 radical (unpaired) electrons. The van der Waals surface area contributed by atoms with Crippen molar-refractivity contribution in [2.24, 2.45) is 5.10 Å². The number of rotatable bonds is 10. The topological polar surface area (TPSA) is 115 Å². The van der Waals surface area contributed by atoms with E-state index in [1.54, 1.807) is 43.3 Å². The van der Waals surface area contributed by atoms with Crippen molar-refractivity contribution in [2.45, 2.75) is 19.4 Å². The molecule has 1 atom stereocenters. The number of hydrazone groups is 1. The van der Waals surface area contributed by atoms with Crippen LogP contribution in [-0.2, 0) is 9.53 Å². The van der Waals surface area contributed by atoms with Gasteiger partial charge in [0, 0.05) is 5.56 Å². The first kappa shape index (κ1) is 26.0. The fourth-order valence-corrected chi connectivity index (χ4v) is 3.26. The number of amides is 2. The molecule has 0 aliphatic carbocycles. The van der Waals surface area contributed by atoms with E-state index in [1.807, 2.05) is 36.4 Å². The summed E-state index contributed by atoms with van der Waals surface area (Å²) >= 11 is 0. The van der Waals surface area contributed by atoms with Crippen LogP contribution in [0, 0.1) is 0 Å². The van der Waals surface area contributed by atoms with E-state index in [0.717, 1.165) is 5.56 Å². The van der Waals surface area contributed by atoms with Gasteiger partial charge in [0.25, 0.3) is 5.91 Å². The summed E-state index contributed by atoms with van der Waals surface area (Å²) in [5.74, 6) is -0.177. The number of ether oxygens (including phenoxy) is 3. The maximum absolute atomic E-state index is 12.7. The predicted molar refractivity (Wildman–Crippen MR) is 134 cm³/mol. The molecular weight excluding hydrogens is 462 g/mol. The summed E-state index contributed by atoms with van der Waals surface area (Å²) in [6.07, 6.45) is 0.571. The van der Waals surface area contributed by atoms with Crippen molar-refractivity contribution in [2.75, 3.05) is 13.7 Å². The van der Waals surface area contributed by atoms with Crippen LogP contribution in [-0.4, -0.2) is 37.9 Å². The van der Waals surface area contributed by atoms with Gasteiger partial charge >= 0.3 is 6.16 Å². The van der Waals surface area contributed by atoms with Crippen molar-refractivity contribution in [1.29, 1.82) is 0 Å². The molecule has 0 aliphatic heterocycles. The van der Waals surface area contributed by atoms with Gasteiger partial charge in [-0.3, -0.25) is 9.59 Å².